The molecule has 5 atom stereocenters. The first-order valence-corrected chi connectivity index (χ1v) is 12.5. The number of nitrogens with two attached hydrogens (primary N) is 1. The summed E-state index contributed by atoms with van der Waals surface area (Å²) in [5.41, 5.74) is 5.62. The highest BCUT2D eigenvalue weighted by Gasteiger charge is 2.36. The smallest absolute Gasteiger partial charge is 0.226 e. The van der Waals surface area contributed by atoms with Crippen LogP contribution in [0.3, 0.4) is 0 Å². The van der Waals surface area contributed by atoms with Gasteiger partial charge in [0.2, 0.25) is 5.91 Å². The maximum Gasteiger partial charge on any atom is 0.226 e. The first-order valence-electron chi connectivity index (χ1n) is 12.5. The fourth-order valence-electron chi connectivity index (χ4n) is 5.55. The van der Waals surface area contributed by atoms with E-state index in [-0.39, 0.29) is 36.4 Å². The van der Waals surface area contributed by atoms with E-state index in [0.717, 1.165) is 25.2 Å². The van der Waals surface area contributed by atoms with E-state index in [1.165, 1.54) is 38.5 Å². The number of hydrogen-bond donors (Lipinski definition) is 3. The monoisotopic (exact) mass is 436 g/mol. The highest BCUT2D eigenvalue weighted by atomic mass is 16.3. The lowest BCUT2D eigenvalue weighted by atomic mass is 9.69. The van der Waals surface area contributed by atoms with Crippen LogP contribution in [-0.4, -0.2) is 41.3 Å². The molecule has 0 aliphatic heterocycles. The van der Waals surface area contributed by atoms with Crippen LogP contribution in [-0.2, 0) is 14.4 Å². The fourth-order valence-corrected chi connectivity index (χ4v) is 5.55. The van der Waals surface area contributed by atoms with E-state index in [1.807, 2.05) is 0 Å². The Morgan fingerprint density at radius 3 is 2.19 bits per heavy atom. The molecule has 0 heterocycles. The van der Waals surface area contributed by atoms with Crippen molar-refractivity contribution in [2.75, 3.05) is 6.54 Å². The molecule has 31 heavy (non-hydrogen) atoms. The highest BCUT2D eigenvalue weighted by Crippen LogP contribution is 2.41. The van der Waals surface area contributed by atoms with Crippen LogP contribution in [0.1, 0.15) is 91.4 Å². The van der Waals surface area contributed by atoms with Crippen LogP contribution in [0, 0.1) is 29.6 Å². The first-order chi connectivity index (χ1) is 14.7. The number of rotatable bonds is 11. The van der Waals surface area contributed by atoms with Crippen molar-refractivity contribution in [3.8, 4) is 0 Å². The van der Waals surface area contributed by atoms with E-state index < -0.39 is 24.0 Å². The van der Waals surface area contributed by atoms with E-state index in [2.05, 4.69) is 5.32 Å². The zero-order chi connectivity index (χ0) is 23.0. The third-order valence-electron chi connectivity index (χ3n) is 7.51. The van der Waals surface area contributed by atoms with Gasteiger partial charge in [0.25, 0.3) is 0 Å². The highest BCUT2D eigenvalue weighted by molar-refractivity contribution is 5.93. The minimum atomic E-state index is -0.950. The number of ketones is 2. The molecule has 1 unspecified atom stereocenters. The number of Topliss-reactive ketones (excluding diaryl/α,β-unsaturated/α-hetero) is 2. The number of nitrogens with one attached hydrogen (secondary N) is 1. The molecule has 2 saturated carbocycles. The van der Waals surface area contributed by atoms with Crippen LogP contribution in [0.5, 0.6) is 0 Å². The van der Waals surface area contributed by atoms with Crippen LogP contribution >= 0.6 is 0 Å². The molecule has 4 N–H and O–H groups in total. The summed E-state index contributed by atoms with van der Waals surface area (Å²) in [6.07, 6.45) is 10.1. The molecule has 0 saturated heterocycles. The van der Waals surface area contributed by atoms with Crippen molar-refractivity contribution in [3.63, 3.8) is 0 Å². The topological polar surface area (TPSA) is 109 Å². The number of carbonyl (C=O) groups is 3. The molecule has 2 aliphatic rings. The second-order valence-electron chi connectivity index (χ2n) is 10.2. The number of aliphatic hydroxyl groups excluding tert-OH is 1. The molecule has 0 aromatic rings. The Labute approximate surface area is 188 Å². The van der Waals surface area contributed by atoms with Gasteiger partial charge >= 0.3 is 0 Å². The van der Waals surface area contributed by atoms with E-state index in [9.17, 15) is 19.5 Å². The summed E-state index contributed by atoms with van der Waals surface area (Å²) in [6, 6.07) is -0.667. The van der Waals surface area contributed by atoms with Gasteiger partial charge in [-0.05, 0) is 44.6 Å². The van der Waals surface area contributed by atoms with Gasteiger partial charge in [-0.1, -0.05) is 58.8 Å². The average molecular weight is 437 g/mol. The maximum absolute atomic E-state index is 13.1. The summed E-state index contributed by atoms with van der Waals surface area (Å²) >= 11 is 0. The normalized spacial score (nSPS) is 25.6. The predicted octanol–water partition coefficient (Wildman–Crippen LogP) is 3.39. The lowest BCUT2D eigenvalue weighted by Crippen LogP contribution is -2.48. The number of hydrogen-bond acceptors (Lipinski definition) is 5. The molecule has 6 heteroatoms. The second-order valence-corrected chi connectivity index (χ2v) is 10.2. The molecule has 0 radical (unpaired) electrons. The number of amides is 1. The van der Waals surface area contributed by atoms with Gasteiger partial charge < -0.3 is 16.2 Å². The van der Waals surface area contributed by atoms with Crippen molar-refractivity contribution in [3.05, 3.63) is 0 Å². The fraction of sp³-hybridized carbons (Fsp3) is 0.880. The van der Waals surface area contributed by atoms with E-state index in [4.69, 9.17) is 5.73 Å². The van der Waals surface area contributed by atoms with Crippen molar-refractivity contribution in [1.29, 1.82) is 0 Å². The van der Waals surface area contributed by atoms with Crippen molar-refractivity contribution >= 4 is 17.5 Å². The second kappa shape index (κ2) is 12.7. The zero-order valence-electron chi connectivity index (χ0n) is 19.8. The van der Waals surface area contributed by atoms with Crippen molar-refractivity contribution in [2.45, 2.75) is 104 Å². The van der Waals surface area contributed by atoms with Gasteiger partial charge in [-0.25, -0.2) is 0 Å². The molecule has 0 aromatic heterocycles. The van der Waals surface area contributed by atoms with Gasteiger partial charge in [0.1, 0.15) is 5.78 Å². The standard InChI is InChI=1S/C25H44N2O4/c1-16(2)24(30)22(12-13-26)27-25(31)21(17(3)28)15-23(29)20-11-7-10-19(14-20)18-8-5-4-6-9-18/h16-22,28H,4-15,26H2,1-3H3,(H,27,31)/t17-,19+,20?,21-,22-/m0/s1. The molecular formula is C25H44N2O4. The summed E-state index contributed by atoms with van der Waals surface area (Å²) in [4.78, 5) is 38.4. The number of carbonyl (C=O) groups excluding carboxylic acids is 3. The lowest BCUT2D eigenvalue weighted by molar-refractivity contribution is -0.137. The maximum atomic E-state index is 13.1. The van der Waals surface area contributed by atoms with Gasteiger partial charge in [-0.3, -0.25) is 14.4 Å². The third kappa shape index (κ3) is 7.67. The molecule has 1 amide bonds. The largest absolute Gasteiger partial charge is 0.393 e. The van der Waals surface area contributed by atoms with Crippen LogP contribution in [0.4, 0.5) is 0 Å². The Kier molecular flexibility index (Phi) is 10.6. The summed E-state index contributed by atoms with van der Waals surface area (Å²) in [7, 11) is 0. The van der Waals surface area contributed by atoms with Gasteiger partial charge in [0.05, 0.1) is 18.1 Å². The third-order valence-corrected chi connectivity index (χ3v) is 7.51. The minimum Gasteiger partial charge on any atom is -0.393 e. The van der Waals surface area contributed by atoms with E-state index in [1.54, 1.807) is 20.8 Å². The van der Waals surface area contributed by atoms with Crippen molar-refractivity contribution < 1.29 is 19.5 Å². The molecule has 6 nitrogen and oxygen atoms in total. The molecule has 2 aliphatic carbocycles. The summed E-state index contributed by atoms with van der Waals surface area (Å²) in [5, 5.41) is 13.0. The van der Waals surface area contributed by atoms with Crippen molar-refractivity contribution in [2.24, 2.45) is 35.3 Å². The number of aliphatic hydroxyl groups is 1. The van der Waals surface area contributed by atoms with Crippen LogP contribution < -0.4 is 11.1 Å². The summed E-state index contributed by atoms with van der Waals surface area (Å²) in [6.45, 7) is 5.41. The van der Waals surface area contributed by atoms with Crippen LogP contribution in [0.25, 0.3) is 0 Å². The molecule has 0 spiro atoms. The summed E-state index contributed by atoms with van der Waals surface area (Å²) in [5.74, 6) is -0.0876. The quantitative estimate of drug-likeness (QED) is 0.460. The molecule has 2 rings (SSSR count). The van der Waals surface area contributed by atoms with E-state index in [0.29, 0.717) is 12.3 Å². The minimum absolute atomic E-state index is 0.00754. The average Bonchev–Trinajstić information content (AvgIpc) is 2.76. The van der Waals surface area contributed by atoms with Crippen molar-refractivity contribution in [1.82, 2.24) is 5.32 Å². The van der Waals surface area contributed by atoms with Gasteiger partial charge in [0, 0.05) is 18.3 Å². The lowest BCUT2D eigenvalue weighted by Gasteiger charge is -2.36. The predicted molar refractivity (Wildman–Crippen MR) is 122 cm³/mol. The Morgan fingerprint density at radius 2 is 1.61 bits per heavy atom. The van der Waals surface area contributed by atoms with Gasteiger partial charge in [-0.2, -0.15) is 0 Å². The SMILES string of the molecule is CC(C)C(=O)[C@H](CCN)NC(=O)[C@@H](CC(=O)C1CCC[C@@H](C2CCCCC2)C1)[C@H](C)O. The first kappa shape index (κ1) is 26.0. The molecule has 2 fully saturated rings. The van der Waals surface area contributed by atoms with Gasteiger partial charge in [0.15, 0.2) is 5.78 Å². The zero-order valence-corrected chi connectivity index (χ0v) is 19.8. The Hall–Kier alpha value is -1.27. The summed E-state index contributed by atoms with van der Waals surface area (Å²) < 4.78 is 0. The molecule has 178 valence electrons. The van der Waals surface area contributed by atoms with Gasteiger partial charge in [-0.15, -0.1) is 0 Å². The Balaban J connectivity index is 1.98. The molecule has 0 aromatic carbocycles. The Bertz CT molecular complexity index is 598. The van der Waals surface area contributed by atoms with Crippen LogP contribution in [0.15, 0.2) is 0 Å². The molecular weight excluding hydrogens is 392 g/mol. The molecule has 0 bridgehead atoms. The Morgan fingerprint density at radius 1 is 0.968 bits per heavy atom. The van der Waals surface area contributed by atoms with Crippen LogP contribution in [0.2, 0.25) is 0 Å². The van der Waals surface area contributed by atoms with E-state index >= 15 is 0 Å².